The predicted octanol–water partition coefficient (Wildman–Crippen LogP) is 4.57. The first kappa shape index (κ1) is 12.9. The Labute approximate surface area is 123 Å². The molecule has 0 atom stereocenters. The highest BCUT2D eigenvalue weighted by atomic mass is 79.9. The van der Waals surface area contributed by atoms with E-state index in [9.17, 15) is 0 Å². The minimum Gasteiger partial charge on any atom is -0.327 e. The van der Waals surface area contributed by atoms with Gasteiger partial charge in [-0.05, 0) is 78.7 Å². The molecule has 0 aliphatic carbocycles. The lowest BCUT2D eigenvalue weighted by atomic mass is 10.00. The molecule has 1 aliphatic rings. The van der Waals surface area contributed by atoms with E-state index >= 15 is 0 Å². The topological polar surface area (TPSA) is 17.8 Å². The highest BCUT2D eigenvalue weighted by Gasteiger charge is 2.20. The fourth-order valence-electron chi connectivity index (χ4n) is 2.91. The van der Waals surface area contributed by atoms with Gasteiger partial charge < -0.3 is 4.57 Å². The highest BCUT2D eigenvalue weighted by Crippen LogP contribution is 2.32. The molecule has 2 aromatic rings. The van der Waals surface area contributed by atoms with Crippen LogP contribution in [-0.4, -0.2) is 9.55 Å². The second-order valence-corrected chi connectivity index (χ2v) is 6.28. The molecule has 19 heavy (non-hydrogen) atoms. The Morgan fingerprint density at radius 3 is 2.58 bits per heavy atom. The van der Waals surface area contributed by atoms with E-state index in [4.69, 9.17) is 4.98 Å². The number of hydrogen-bond acceptors (Lipinski definition) is 1. The number of imidazole rings is 1. The second-order valence-electron chi connectivity index (χ2n) is 5.53. The molecule has 0 fully saturated rings. The van der Waals surface area contributed by atoms with Crippen molar-refractivity contribution in [3.8, 4) is 11.4 Å². The van der Waals surface area contributed by atoms with Gasteiger partial charge in [-0.25, -0.2) is 4.98 Å². The number of hydrogen-bond donors (Lipinski definition) is 0. The molecule has 0 bridgehead atoms. The summed E-state index contributed by atoms with van der Waals surface area (Å²) in [5.41, 5.74) is 6.64. The van der Waals surface area contributed by atoms with Crippen LogP contribution in [0.2, 0.25) is 0 Å². The zero-order valence-electron chi connectivity index (χ0n) is 11.8. The standard InChI is InChI=1S/C16H19BrN2/c1-10-8-12(3)13(9-11(10)2)16-18-15(17)14-6-4-5-7-19(14)16/h8-9H,4-7H2,1-3H3. The first-order valence-electron chi connectivity index (χ1n) is 6.91. The minimum absolute atomic E-state index is 1.03. The van der Waals surface area contributed by atoms with E-state index in [0.29, 0.717) is 0 Å². The van der Waals surface area contributed by atoms with Gasteiger partial charge in [0.2, 0.25) is 0 Å². The molecule has 0 amide bonds. The Hall–Kier alpha value is -1.09. The van der Waals surface area contributed by atoms with Gasteiger partial charge in [0.15, 0.2) is 0 Å². The number of aryl methyl sites for hydroxylation is 3. The maximum atomic E-state index is 4.77. The van der Waals surface area contributed by atoms with Crippen molar-refractivity contribution in [3.63, 3.8) is 0 Å². The minimum atomic E-state index is 1.03. The number of fused-ring (bicyclic) bond motifs is 1. The predicted molar refractivity (Wildman–Crippen MR) is 82.5 cm³/mol. The van der Waals surface area contributed by atoms with E-state index in [-0.39, 0.29) is 0 Å². The quantitative estimate of drug-likeness (QED) is 0.752. The largest absolute Gasteiger partial charge is 0.327 e. The Kier molecular flexibility index (Phi) is 3.25. The normalized spacial score (nSPS) is 14.5. The Morgan fingerprint density at radius 1 is 1.05 bits per heavy atom. The van der Waals surface area contributed by atoms with Crippen LogP contribution in [0.15, 0.2) is 16.7 Å². The van der Waals surface area contributed by atoms with Gasteiger partial charge in [-0.15, -0.1) is 0 Å². The molecular weight excluding hydrogens is 300 g/mol. The number of halogens is 1. The van der Waals surface area contributed by atoms with E-state index in [0.717, 1.165) is 23.4 Å². The SMILES string of the molecule is Cc1cc(C)c(-c2nc(Br)c3n2CCCC3)cc1C. The molecule has 100 valence electrons. The molecule has 0 spiro atoms. The fourth-order valence-corrected chi connectivity index (χ4v) is 3.49. The average Bonchev–Trinajstić information content (AvgIpc) is 2.72. The van der Waals surface area contributed by atoms with Gasteiger partial charge in [-0.2, -0.15) is 0 Å². The van der Waals surface area contributed by atoms with Gasteiger partial charge in [0.05, 0.1) is 5.69 Å². The molecule has 3 heteroatoms. The maximum absolute atomic E-state index is 4.77. The zero-order valence-corrected chi connectivity index (χ0v) is 13.3. The number of rotatable bonds is 1. The van der Waals surface area contributed by atoms with Crippen molar-refractivity contribution in [1.29, 1.82) is 0 Å². The Morgan fingerprint density at radius 2 is 1.79 bits per heavy atom. The summed E-state index contributed by atoms with van der Waals surface area (Å²) in [7, 11) is 0. The molecule has 1 aromatic heterocycles. The van der Waals surface area contributed by atoms with E-state index in [1.54, 1.807) is 0 Å². The Balaban J connectivity index is 2.20. The van der Waals surface area contributed by atoms with Gasteiger partial charge >= 0.3 is 0 Å². The lowest BCUT2D eigenvalue weighted by Gasteiger charge is -2.18. The molecule has 2 heterocycles. The summed E-state index contributed by atoms with van der Waals surface area (Å²) in [5, 5.41) is 0. The van der Waals surface area contributed by atoms with Crippen LogP contribution < -0.4 is 0 Å². The molecule has 0 saturated heterocycles. The van der Waals surface area contributed by atoms with Gasteiger partial charge in [0.25, 0.3) is 0 Å². The summed E-state index contributed by atoms with van der Waals surface area (Å²) in [5.74, 6) is 1.13. The van der Waals surface area contributed by atoms with Crippen LogP contribution in [0.3, 0.4) is 0 Å². The lowest BCUT2D eigenvalue weighted by molar-refractivity contribution is 0.535. The van der Waals surface area contributed by atoms with Crippen molar-refractivity contribution < 1.29 is 0 Å². The summed E-state index contributed by atoms with van der Waals surface area (Å²) in [6, 6.07) is 4.55. The van der Waals surface area contributed by atoms with Crippen molar-refractivity contribution in [2.24, 2.45) is 0 Å². The van der Waals surface area contributed by atoms with Crippen molar-refractivity contribution in [2.45, 2.75) is 46.6 Å². The van der Waals surface area contributed by atoms with Crippen molar-refractivity contribution in [2.75, 3.05) is 0 Å². The average molecular weight is 319 g/mol. The third kappa shape index (κ3) is 2.14. The summed E-state index contributed by atoms with van der Waals surface area (Å²) in [4.78, 5) is 4.77. The third-order valence-electron chi connectivity index (χ3n) is 4.15. The van der Waals surface area contributed by atoms with Crippen molar-refractivity contribution in [1.82, 2.24) is 9.55 Å². The molecule has 1 aliphatic heterocycles. The van der Waals surface area contributed by atoms with Crippen molar-refractivity contribution >= 4 is 15.9 Å². The Bertz CT molecular complexity index is 641. The second kappa shape index (κ2) is 4.78. The van der Waals surface area contributed by atoms with E-state index in [1.807, 2.05) is 0 Å². The van der Waals surface area contributed by atoms with Gasteiger partial charge in [0.1, 0.15) is 10.4 Å². The van der Waals surface area contributed by atoms with Crippen LogP contribution in [0, 0.1) is 20.8 Å². The van der Waals surface area contributed by atoms with Crippen molar-refractivity contribution in [3.05, 3.63) is 39.1 Å². The molecule has 0 unspecified atom stereocenters. The number of benzene rings is 1. The van der Waals surface area contributed by atoms with Gasteiger partial charge in [0, 0.05) is 12.1 Å². The molecule has 0 saturated carbocycles. The van der Waals surface area contributed by atoms with Gasteiger partial charge in [-0.3, -0.25) is 0 Å². The van der Waals surface area contributed by atoms with Crippen LogP contribution >= 0.6 is 15.9 Å². The lowest BCUT2D eigenvalue weighted by Crippen LogP contribution is -2.11. The first-order valence-corrected chi connectivity index (χ1v) is 7.70. The monoisotopic (exact) mass is 318 g/mol. The fraction of sp³-hybridized carbons (Fsp3) is 0.438. The molecular formula is C16H19BrN2. The molecule has 2 nitrogen and oxygen atoms in total. The summed E-state index contributed by atoms with van der Waals surface area (Å²) in [6.45, 7) is 7.62. The smallest absolute Gasteiger partial charge is 0.141 e. The molecule has 0 radical (unpaired) electrons. The highest BCUT2D eigenvalue weighted by molar-refractivity contribution is 9.10. The third-order valence-corrected chi connectivity index (χ3v) is 4.79. The maximum Gasteiger partial charge on any atom is 0.141 e. The number of nitrogens with zero attached hydrogens (tertiary/aromatic N) is 2. The summed E-state index contributed by atoms with van der Waals surface area (Å²) >= 11 is 3.63. The van der Waals surface area contributed by atoms with Crippen LogP contribution in [-0.2, 0) is 13.0 Å². The van der Waals surface area contributed by atoms with Crippen LogP contribution in [0.4, 0.5) is 0 Å². The van der Waals surface area contributed by atoms with E-state index < -0.39 is 0 Å². The zero-order chi connectivity index (χ0) is 13.6. The number of aromatic nitrogens is 2. The molecule has 1 aromatic carbocycles. The first-order chi connectivity index (χ1) is 9.08. The molecule has 0 N–H and O–H groups in total. The van der Waals surface area contributed by atoms with Crippen LogP contribution in [0.1, 0.15) is 35.2 Å². The van der Waals surface area contributed by atoms with E-state index in [1.165, 1.54) is 40.8 Å². The van der Waals surface area contributed by atoms with E-state index in [2.05, 4.69) is 53.4 Å². The molecule has 3 rings (SSSR count). The van der Waals surface area contributed by atoms with Gasteiger partial charge in [-0.1, -0.05) is 6.07 Å². The summed E-state index contributed by atoms with van der Waals surface area (Å²) < 4.78 is 3.42. The van der Waals surface area contributed by atoms with Crippen LogP contribution in [0.25, 0.3) is 11.4 Å². The summed E-state index contributed by atoms with van der Waals surface area (Å²) in [6.07, 6.45) is 3.67. The van der Waals surface area contributed by atoms with Crippen LogP contribution in [0.5, 0.6) is 0 Å².